The Morgan fingerprint density at radius 2 is 2.09 bits per heavy atom. The van der Waals surface area contributed by atoms with Gasteiger partial charge in [0.15, 0.2) is 0 Å². The molecule has 3 N–H and O–H groups in total. The minimum absolute atomic E-state index is 0.0272. The molecule has 1 aliphatic carbocycles. The van der Waals surface area contributed by atoms with Gasteiger partial charge in [0.05, 0.1) is 5.56 Å². The molecule has 1 aromatic rings. The van der Waals surface area contributed by atoms with Gasteiger partial charge < -0.3 is 5.11 Å². The summed E-state index contributed by atoms with van der Waals surface area (Å²) in [4.78, 5) is 22.9. The minimum Gasteiger partial charge on any atom is -0.478 e. The van der Waals surface area contributed by atoms with Crippen LogP contribution in [0.15, 0.2) is 18.2 Å². The highest BCUT2D eigenvalue weighted by Gasteiger charge is 2.39. The molecule has 3 rings (SSSR count). The SMILES string of the molecule is O=C(O)c1cc(CC2NNC(=O)C3CCCCC23)ccc1F. The number of fused-ring (bicyclic) bond motifs is 1. The fourth-order valence-corrected chi connectivity index (χ4v) is 3.65. The van der Waals surface area contributed by atoms with Crippen LogP contribution in [0.25, 0.3) is 0 Å². The van der Waals surface area contributed by atoms with Gasteiger partial charge in [-0.25, -0.2) is 14.6 Å². The summed E-state index contributed by atoms with van der Waals surface area (Å²) in [7, 11) is 0. The molecule has 1 amide bonds. The fraction of sp³-hybridized carbons (Fsp3) is 0.500. The first-order valence-electron chi connectivity index (χ1n) is 7.63. The Balaban J connectivity index is 1.79. The first-order valence-corrected chi connectivity index (χ1v) is 7.63. The van der Waals surface area contributed by atoms with Crippen LogP contribution in [0, 0.1) is 17.7 Å². The average molecular weight is 306 g/mol. The molecule has 118 valence electrons. The van der Waals surface area contributed by atoms with Crippen LogP contribution >= 0.6 is 0 Å². The number of hydrogen-bond donors (Lipinski definition) is 3. The summed E-state index contributed by atoms with van der Waals surface area (Å²) in [5.41, 5.74) is 6.21. The molecule has 5 nitrogen and oxygen atoms in total. The molecule has 1 saturated carbocycles. The van der Waals surface area contributed by atoms with Crippen molar-refractivity contribution >= 4 is 11.9 Å². The highest BCUT2D eigenvalue weighted by Crippen LogP contribution is 2.35. The van der Waals surface area contributed by atoms with E-state index in [1.54, 1.807) is 6.07 Å². The zero-order valence-corrected chi connectivity index (χ0v) is 12.1. The minimum atomic E-state index is -1.26. The first-order chi connectivity index (χ1) is 10.6. The molecule has 3 unspecified atom stereocenters. The number of benzene rings is 1. The van der Waals surface area contributed by atoms with Crippen molar-refractivity contribution in [1.29, 1.82) is 0 Å². The molecule has 0 aromatic heterocycles. The maximum atomic E-state index is 13.5. The number of carboxylic acid groups (broad SMARTS) is 1. The molecule has 1 saturated heterocycles. The lowest BCUT2D eigenvalue weighted by molar-refractivity contribution is -0.133. The van der Waals surface area contributed by atoms with Gasteiger partial charge in [0.25, 0.3) is 0 Å². The normalized spacial score (nSPS) is 27.9. The van der Waals surface area contributed by atoms with Crippen LogP contribution in [0.5, 0.6) is 0 Å². The predicted octanol–water partition coefficient (Wildman–Crippen LogP) is 1.88. The Morgan fingerprint density at radius 1 is 1.32 bits per heavy atom. The summed E-state index contributed by atoms with van der Waals surface area (Å²) in [6.45, 7) is 0. The highest BCUT2D eigenvalue weighted by atomic mass is 19.1. The Morgan fingerprint density at radius 3 is 2.86 bits per heavy atom. The number of carbonyl (C=O) groups is 2. The lowest BCUT2D eigenvalue weighted by Crippen LogP contribution is -2.60. The quantitative estimate of drug-likeness (QED) is 0.796. The van der Waals surface area contributed by atoms with Crippen molar-refractivity contribution < 1.29 is 19.1 Å². The number of aromatic carboxylic acids is 1. The average Bonchev–Trinajstić information content (AvgIpc) is 2.52. The predicted molar refractivity (Wildman–Crippen MR) is 77.6 cm³/mol. The Kier molecular flexibility index (Phi) is 4.11. The number of hydrogen-bond acceptors (Lipinski definition) is 3. The molecule has 2 aliphatic rings. The monoisotopic (exact) mass is 306 g/mol. The lowest BCUT2D eigenvalue weighted by Gasteiger charge is -2.41. The maximum Gasteiger partial charge on any atom is 0.338 e. The first kappa shape index (κ1) is 15.0. The van der Waals surface area contributed by atoms with Gasteiger partial charge in [-0.2, -0.15) is 0 Å². The molecule has 1 aromatic carbocycles. The smallest absolute Gasteiger partial charge is 0.338 e. The van der Waals surface area contributed by atoms with Crippen molar-refractivity contribution in [2.24, 2.45) is 11.8 Å². The second-order valence-electron chi connectivity index (χ2n) is 6.12. The second kappa shape index (κ2) is 6.04. The van der Waals surface area contributed by atoms with Crippen molar-refractivity contribution in [3.8, 4) is 0 Å². The van der Waals surface area contributed by atoms with Crippen LogP contribution in [-0.4, -0.2) is 23.0 Å². The highest BCUT2D eigenvalue weighted by molar-refractivity contribution is 5.88. The van der Waals surface area contributed by atoms with Crippen LogP contribution in [0.4, 0.5) is 4.39 Å². The molecular weight excluding hydrogens is 287 g/mol. The Labute approximate surface area is 127 Å². The Bertz CT molecular complexity index is 605. The van der Waals surface area contributed by atoms with Crippen LogP contribution in [0.1, 0.15) is 41.6 Å². The van der Waals surface area contributed by atoms with E-state index in [0.29, 0.717) is 6.42 Å². The van der Waals surface area contributed by atoms with Gasteiger partial charge in [0, 0.05) is 12.0 Å². The number of halogens is 1. The number of rotatable bonds is 3. The van der Waals surface area contributed by atoms with E-state index in [0.717, 1.165) is 31.2 Å². The van der Waals surface area contributed by atoms with E-state index >= 15 is 0 Å². The summed E-state index contributed by atoms with van der Waals surface area (Å²) in [5, 5.41) is 9.01. The fourth-order valence-electron chi connectivity index (χ4n) is 3.65. The zero-order valence-electron chi connectivity index (χ0n) is 12.1. The van der Waals surface area contributed by atoms with Crippen molar-refractivity contribution in [2.75, 3.05) is 0 Å². The van der Waals surface area contributed by atoms with Gasteiger partial charge in [0.2, 0.25) is 5.91 Å². The van der Waals surface area contributed by atoms with Gasteiger partial charge in [-0.15, -0.1) is 0 Å². The van der Waals surface area contributed by atoms with E-state index in [4.69, 9.17) is 5.11 Å². The topological polar surface area (TPSA) is 78.4 Å². The van der Waals surface area contributed by atoms with E-state index in [1.165, 1.54) is 12.1 Å². The number of amides is 1. The molecule has 0 radical (unpaired) electrons. The molecular formula is C16H19FN2O3. The lowest BCUT2D eigenvalue weighted by atomic mass is 9.72. The van der Waals surface area contributed by atoms with Crippen LogP contribution in [0.2, 0.25) is 0 Å². The van der Waals surface area contributed by atoms with E-state index in [2.05, 4.69) is 10.9 Å². The molecule has 3 atom stereocenters. The van der Waals surface area contributed by atoms with E-state index in [-0.39, 0.29) is 29.3 Å². The number of carbonyl (C=O) groups excluding carboxylic acids is 1. The van der Waals surface area contributed by atoms with Gasteiger partial charge in [-0.1, -0.05) is 18.9 Å². The molecule has 0 bridgehead atoms. The van der Waals surface area contributed by atoms with Crippen molar-refractivity contribution in [3.05, 3.63) is 35.1 Å². The summed E-state index contributed by atoms with van der Waals surface area (Å²) in [6, 6.07) is 4.24. The van der Waals surface area contributed by atoms with Crippen LogP contribution < -0.4 is 10.9 Å². The van der Waals surface area contributed by atoms with Crippen molar-refractivity contribution in [3.63, 3.8) is 0 Å². The standard InChI is InChI=1S/C16H19FN2O3/c17-13-6-5-9(7-12(13)16(21)22)8-14-10-3-1-2-4-11(10)15(20)19-18-14/h5-7,10-11,14,18H,1-4,8H2,(H,19,20)(H,21,22). The van der Waals surface area contributed by atoms with Crippen LogP contribution in [-0.2, 0) is 11.2 Å². The third kappa shape index (κ3) is 2.83. The molecule has 6 heteroatoms. The van der Waals surface area contributed by atoms with Crippen LogP contribution in [0.3, 0.4) is 0 Å². The number of carboxylic acids is 1. The van der Waals surface area contributed by atoms with Gasteiger partial charge in [-0.05, 0) is 42.9 Å². The third-order valence-electron chi connectivity index (χ3n) is 4.77. The van der Waals surface area contributed by atoms with E-state index < -0.39 is 11.8 Å². The molecule has 2 fully saturated rings. The summed E-state index contributed by atoms with van der Waals surface area (Å²) >= 11 is 0. The van der Waals surface area contributed by atoms with E-state index in [9.17, 15) is 14.0 Å². The summed E-state index contributed by atoms with van der Waals surface area (Å²) in [6.07, 6.45) is 4.64. The summed E-state index contributed by atoms with van der Waals surface area (Å²) < 4.78 is 13.5. The Hall–Kier alpha value is -1.95. The number of hydrazine groups is 1. The molecule has 22 heavy (non-hydrogen) atoms. The van der Waals surface area contributed by atoms with Crippen molar-refractivity contribution in [1.82, 2.24) is 10.9 Å². The van der Waals surface area contributed by atoms with Gasteiger partial charge in [-0.3, -0.25) is 10.2 Å². The largest absolute Gasteiger partial charge is 0.478 e. The number of nitrogens with one attached hydrogen (secondary N) is 2. The molecule has 1 aliphatic heterocycles. The maximum absolute atomic E-state index is 13.5. The second-order valence-corrected chi connectivity index (χ2v) is 6.12. The third-order valence-corrected chi connectivity index (χ3v) is 4.77. The molecule has 0 spiro atoms. The van der Waals surface area contributed by atoms with Gasteiger partial charge in [0.1, 0.15) is 5.82 Å². The zero-order chi connectivity index (χ0) is 15.7. The summed E-state index contributed by atoms with van der Waals surface area (Å²) in [5.74, 6) is -1.66. The van der Waals surface area contributed by atoms with E-state index in [1.807, 2.05) is 0 Å². The molecule has 1 heterocycles. The van der Waals surface area contributed by atoms with Gasteiger partial charge >= 0.3 is 5.97 Å². The van der Waals surface area contributed by atoms with Crippen molar-refractivity contribution in [2.45, 2.75) is 38.1 Å².